The largest absolute Gasteiger partial charge is 0.463 e. The van der Waals surface area contributed by atoms with E-state index in [4.69, 9.17) is 23.7 Å². The number of rotatable bonds is 8. The van der Waals surface area contributed by atoms with Gasteiger partial charge in [0.05, 0.1) is 4.92 Å². The van der Waals surface area contributed by atoms with Gasteiger partial charge in [0.15, 0.2) is 12.2 Å². The second-order valence-electron chi connectivity index (χ2n) is 7.09. The average molecular weight is 468 g/mol. The molecule has 13 nitrogen and oxygen atoms in total. The number of nitrogens with zero attached hydrogens (tertiary/aromatic N) is 1. The molecule has 1 aromatic rings. The minimum absolute atomic E-state index is 0.139. The Balaban J connectivity index is 2.43. The molecule has 5 atom stereocenters. The van der Waals surface area contributed by atoms with E-state index < -0.39 is 59.4 Å². The van der Waals surface area contributed by atoms with Crippen molar-refractivity contribution in [3.05, 3.63) is 34.4 Å². The number of esters is 3. The third-order valence-corrected chi connectivity index (χ3v) is 4.37. The maximum absolute atomic E-state index is 11.9. The van der Waals surface area contributed by atoms with E-state index in [9.17, 15) is 29.3 Å². The number of amides is 1. The Kier molecular flexibility index (Phi) is 8.68. The van der Waals surface area contributed by atoms with E-state index in [0.717, 1.165) is 20.8 Å². The Morgan fingerprint density at radius 2 is 1.55 bits per heavy atom. The van der Waals surface area contributed by atoms with E-state index in [1.165, 1.54) is 31.2 Å². The standard InChI is InChI=1S/C20H24N2O11/c1-10(23)21-17-19(31-13(4)26)18(30-12(3)25)16(9-29-11(2)24)33-20(17)32-15-7-5-14(6-8-15)22(27)28/h5-8,16-20H,9H2,1-4H3,(H,21,23)/t16-,17+,18-,19+,20-/m1/s1. The molecule has 1 aromatic carbocycles. The second-order valence-corrected chi connectivity index (χ2v) is 7.09. The smallest absolute Gasteiger partial charge is 0.303 e. The van der Waals surface area contributed by atoms with Crippen molar-refractivity contribution >= 4 is 29.5 Å². The van der Waals surface area contributed by atoms with Crippen molar-refractivity contribution in [1.82, 2.24) is 5.32 Å². The van der Waals surface area contributed by atoms with Crippen LogP contribution >= 0.6 is 0 Å². The Labute approximate surface area is 188 Å². The van der Waals surface area contributed by atoms with Crippen molar-refractivity contribution in [2.75, 3.05) is 6.61 Å². The fourth-order valence-corrected chi connectivity index (χ4v) is 3.17. The predicted molar refractivity (Wildman–Crippen MR) is 108 cm³/mol. The molecule has 1 fully saturated rings. The van der Waals surface area contributed by atoms with Crippen LogP contribution in [-0.4, -0.2) is 66.0 Å². The lowest BCUT2D eigenvalue weighted by Crippen LogP contribution is -2.67. The second kappa shape index (κ2) is 11.2. The van der Waals surface area contributed by atoms with E-state index in [2.05, 4.69) is 5.32 Å². The highest BCUT2D eigenvalue weighted by Gasteiger charge is 2.51. The molecule has 1 heterocycles. The highest BCUT2D eigenvalue weighted by molar-refractivity contribution is 5.73. The first-order chi connectivity index (χ1) is 15.5. The van der Waals surface area contributed by atoms with Gasteiger partial charge in [-0.15, -0.1) is 0 Å². The fourth-order valence-electron chi connectivity index (χ4n) is 3.17. The molecule has 13 heteroatoms. The van der Waals surface area contributed by atoms with Crippen LogP contribution in [0.15, 0.2) is 24.3 Å². The summed E-state index contributed by atoms with van der Waals surface area (Å²) in [6.45, 7) is 4.24. The normalized spacial score (nSPS) is 24.2. The van der Waals surface area contributed by atoms with Crippen molar-refractivity contribution in [2.24, 2.45) is 0 Å². The molecular formula is C20H24N2O11. The molecule has 0 aliphatic carbocycles. The van der Waals surface area contributed by atoms with Gasteiger partial charge in [0.25, 0.3) is 5.69 Å². The summed E-state index contributed by atoms with van der Waals surface area (Å²) in [6, 6.07) is 3.87. The molecule has 1 saturated heterocycles. The Morgan fingerprint density at radius 3 is 2.03 bits per heavy atom. The van der Waals surface area contributed by atoms with Crippen molar-refractivity contribution in [3.63, 3.8) is 0 Å². The zero-order valence-electron chi connectivity index (χ0n) is 18.3. The maximum atomic E-state index is 11.9. The predicted octanol–water partition coefficient (Wildman–Crippen LogP) is 0.630. The van der Waals surface area contributed by atoms with Crippen molar-refractivity contribution in [1.29, 1.82) is 0 Å². The number of carbonyl (C=O) groups excluding carboxylic acids is 4. The maximum Gasteiger partial charge on any atom is 0.303 e. The number of hydrogen-bond donors (Lipinski definition) is 1. The SMILES string of the molecule is CC(=O)N[C@@H]1[C@H](Oc2ccc([N+](=O)[O-])cc2)O[C@H](COC(C)=O)[C@@H](OC(C)=O)[C@H]1OC(C)=O. The van der Waals surface area contributed by atoms with Crippen LogP contribution in [0.25, 0.3) is 0 Å². The summed E-state index contributed by atoms with van der Waals surface area (Å²) in [4.78, 5) is 57.0. The van der Waals surface area contributed by atoms with Gasteiger partial charge in [0.2, 0.25) is 12.2 Å². The Bertz CT molecular complexity index is 902. The first-order valence-electron chi connectivity index (χ1n) is 9.79. The molecule has 0 radical (unpaired) electrons. The van der Waals surface area contributed by atoms with E-state index in [1.54, 1.807) is 0 Å². The molecule has 0 spiro atoms. The topological polar surface area (TPSA) is 170 Å². The number of non-ortho nitro benzene ring substituents is 1. The van der Waals surface area contributed by atoms with Gasteiger partial charge in [-0.3, -0.25) is 29.3 Å². The van der Waals surface area contributed by atoms with Gasteiger partial charge in [-0.05, 0) is 12.1 Å². The molecular weight excluding hydrogens is 444 g/mol. The molecule has 180 valence electrons. The lowest BCUT2D eigenvalue weighted by atomic mass is 9.96. The number of benzene rings is 1. The third-order valence-electron chi connectivity index (χ3n) is 4.37. The zero-order valence-corrected chi connectivity index (χ0v) is 18.3. The number of ether oxygens (including phenoxy) is 5. The summed E-state index contributed by atoms with van der Waals surface area (Å²) in [7, 11) is 0. The molecule has 0 unspecified atom stereocenters. The van der Waals surface area contributed by atoms with Gasteiger partial charge < -0.3 is 29.0 Å². The molecule has 0 saturated carbocycles. The summed E-state index contributed by atoms with van der Waals surface area (Å²) >= 11 is 0. The fraction of sp³-hybridized carbons (Fsp3) is 0.500. The molecule has 1 N–H and O–H groups in total. The van der Waals surface area contributed by atoms with Crippen LogP contribution in [-0.2, 0) is 38.1 Å². The van der Waals surface area contributed by atoms with Crippen LogP contribution in [0.1, 0.15) is 27.7 Å². The van der Waals surface area contributed by atoms with Crippen molar-refractivity contribution < 1.29 is 47.8 Å². The third kappa shape index (κ3) is 7.42. The number of nitrogens with one attached hydrogen (secondary N) is 1. The van der Waals surface area contributed by atoms with Gasteiger partial charge in [0, 0.05) is 39.8 Å². The monoisotopic (exact) mass is 468 g/mol. The van der Waals surface area contributed by atoms with Crippen LogP contribution in [0.3, 0.4) is 0 Å². The van der Waals surface area contributed by atoms with Crippen molar-refractivity contribution in [2.45, 2.75) is 58.3 Å². The summed E-state index contributed by atoms with van der Waals surface area (Å²) in [6.07, 6.45) is -4.96. The van der Waals surface area contributed by atoms with E-state index in [-0.39, 0.29) is 18.0 Å². The molecule has 1 amide bonds. The van der Waals surface area contributed by atoms with Crippen LogP contribution < -0.4 is 10.1 Å². The van der Waals surface area contributed by atoms with Crippen LogP contribution in [0.4, 0.5) is 5.69 Å². The Hall–Kier alpha value is -3.74. The molecule has 0 aromatic heterocycles. The Morgan fingerprint density at radius 1 is 0.970 bits per heavy atom. The minimum Gasteiger partial charge on any atom is -0.463 e. The average Bonchev–Trinajstić information content (AvgIpc) is 2.70. The number of hydrogen-bond acceptors (Lipinski definition) is 11. The van der Waals surface area contributed by atoms with Crippen molar-refractivity contribution in [3.8, 4) is 5.75 Å². The van der Waals surface area contributed by atoms with E-state index in [0.29, 0.717) is 0 Å². The van der Waals surface area contributed by atoms with E-state index >= 15 is 0 Å². The summed E-state index contributed by atoms with van der Waals surface area (Å²) in [5, 5.41) is 13.4. The number of carbonyl (C=O) groups is 4. The van der Waals surface area contributed by atoms with Gasteiger partial charge in [-0.2, -0.15) is 0 Å². The van der Waals surface area contributed by atoms with Gasteiger partial charge >= 0.3 is 17.9 Å². The first-order valence-corrected chi connectivity index (χ1v) is 9.79. The molecule has 0 bridgehead atoms. The zero-order chi connectivity index (χ0) is 24.7. The minimum atomic E-state index is -1.31. The number of nitro groups is 1. The van der Waals surface area contributed by atoms with Crippen LogP contribution in [0, 0.1) is 10.1 Å². The van der Waals surface area contributed by atoms with Crippen LogP contribution in [0.2, 0.25) is 0 Å². The lowest BCUT2D eigenvalue weighted by molar-refractivity contribution is -0.384. The lowest BCUT2D eigenvalue weighted by Gasteiger charge is -2.44. The summed E-state index contributed by atoms with van der Waals surface area (Å²) in [5.74, 6) is -2.50. The summed E-state index contributed by atoms with van der Waals surface area (Å²) in [5.41, 5.74) is -0.175. The summed E-state index contributed by atoms with van der Waals surface area (Å²) < 4.78 is 27.2. The molecule has 1 aliphatic rings. The molecule has 33 heavy (non-hydrogen) atoms. The first kappa shape index (κ1) is 25.5. The highest BCUT2D eigenvalue weighted by atomic mass is 16.7. The number of nitro benzene ring substituents is 1. The van der Waals surface area contributed by atoms with Gasteiger partial charge in [-0.25, -0.2) is 0 Å². The van der Waals surface area contributed by atoms with Gasteiger partial charge in [0.1, 0.15) is 24.5 Å². The molecule has 1 aliphatic heterocycles. The highest BCUT2D eigenvalue weighted by Crippen LogP contribution is 2.29. The quantitative estimate of drug-likeness (QED) is 0.246. The van der Waals surface area contributed by atoms with Gasteiger partial charge in [-0.1, -0.05) is 0 Å². The molecule has 2 rings (SSSR count). The van der Waals surface area contributed by atoms with Crippen LogP contribution in [0.5, 0.6) is 5.75 Å². The van der Waals surface area contributed by atoms with E-state index in [1.807, 2.05) is 0 Å².